The first-order valence-electron chi connectivity index (χ1n) is 9.55. The van der Waals surface area contributed by atoms with Crippen LogP contribution >= 0.6 is 34.9 Å². The molecule has 4 heterocycles. The molecule has 35 heavy (non-hydrogen) atoms. The van der Waals surface area contributed by atoms with E-state index >= 15 is 0 Å². The van der Waals surface area contributed by atoms with Crippen LogP contribution in [0, 0.1) is 0 Å². The fraction of sp³-hybridized carbons (Fsp3) is 0.263. The minimum Gasteiger partial charge on any atom is -1.00 e. The minimum atomic E-state index is -1.29. The molecule has 0 spiro atoms. The van der Waals surface area contributed by atoms with Crippen LogP contribution in [0.5, 0.6) is 0 Å². The lowest BCUT2D eigenvalue weighted by Gasteiger charge is -2.49. The summed E-state index contributed by atoms with van der Waals surface area (Å²) in [6.45, 7) is 0. The van der Waals surface area contributed by atoms with Gasteiger partial charge in [0.25, 0.3) is 16.9 Å². The van der Waals surface area contributed by atoms with Gasteiger partial charge in [-0.05, 0) is 17.7 Å². The summed E-state index contributed by atoms with van der Waals surface area (Å²) < 4.78 is 5.05. The molecule has 2 amide bonds. The van der Waals surface area contributed by atoms with Crippen LogP contribution in [0.1, 0.15) is 17.7 Å². The number of nitrogens with two attached hydrogens (primary N) is 1. The van der Waals surface area contributed by atoms with Crippen LogP contribution < -0.4 is 23.5 Å². The number of carbonyl (C=O) groups is 4. The Kier molecular flexibility index (Phi) is 8.47. The van der Waals surface area contributed by atoms with Crippen molar-refractivity contribution >= 4 is 68.6 Å². The normalized spacial score (nSPS) is 19.4. The van der Waals surface area contributed by atoms with Gasteiger partial charge in [-0.3, -0.25) is 19.3 Å². The number of aliphatic carboxylic acids is 1. The molecule has 2 aliphatic heterocycles. The monoisotopic (exact) mass is 559 g/mol. The second-order valence-corrected chi connectivity index (χ2v) is 9.81. The highest BCUT2D eigenvalue weighted by Crippen LogP contribution is 2.41. The Morgan fingerprint density at radius 2 is 2.26 bits per heavy atom. The number of carbonyl (C=O) groups excluding carboxylic acids is 3. The molecular formula is C19H18ClN5O7S3. The highest BCUT2D eigenvalue weighted by molar-refractivity contribution is 8.14. The summed E-state index contributed by atoms with van der Waals surface area (Å²) >= 11 is 3.29. The summed E-state index contributed by atoms with van der Waals surface area (Å²) in [6, 6.07) is 2.13. The number of carboxylic acids is 1. The van der Waals surface area contributed by atoms with Crippen molar-refractivity contribution in [3.05, 3.63) is 46.5 Å². The lowest BCUT2D eigenvalue weighted by atomic mass is 10.0. The molecule has 4 rings (SSSR count). The Morgan fingerprint density at radius 1 is 1.49 bits per heavy atom. The summed E-state index contributed by atoms with van der Waals surface area (Å²) in [6.07, 6.45) is 1.37. The average molecular weight is 560 g/mol. The number of fused-ring (bicyclic) bond motifs is 1. The molecule has 1 fully saturated rings. The van der Waals surface area contributed by atoms with Gasteiger partial charge in [0.05, 0.1) is 6.26 Å². The predicted molar refractivity (Wildman–Crippen MR) is 126 cm³/mol. The van der Waals surface area contributed by atoms with Crippen molar-refractivity contribution in [2.45, 2.75) is 11.4 Å². The zero-order valence-electron chi connectivity index (χ0n) is 18.8. The number of thioether (sulfide) groups is 2. The summed E-state index contributed by atoms with van der Waals surface area (Å²) in [5.74, 6) is -2.08. The Labute approximate surface area is 218 Å². The maximum Gasteiger partial charge on any atom is 1.00 e. The van der Waals surface area contributed by atoms with E-state index in [-0.39, 0.29) is 58.4 Å². The van der Waals surface area contributed by atoms with Crippen LogP contribution in [0.25, 0.3) is 0 Å². The van der Waals surface area contributed by atoms with Gasteiger partial charge in [-0.2, -0.15) is 0 Å². The van der Waals surface area contributed by atoms with Crippen LogP contribution in [-0.2, 0) is 19.2 Å². The topological polar surface area (TPSA) is 177 Å². The Bertz CT molecular complexity index is 1220. The molecule has 1 saturated heterocycles. The van der Waals surface area contributed by atoms with Crippen molar-refractivity contribution < 1.29 is 47.4 Å². The third-order valence-electron chi connectivity index (χ3n) is 4.80. The number of thiazole rings is 1. The number of furan rings is 1. The van der Waals surface area contributed by atoms with E-state index in [2.05, 4.69) is 15.5 Å². The third-order valence-corrected chi connectivity index (χ3v) is 7.77. The third kappa shape index (κ3) is 5.32. The lowest BCUT2D eigenvalue weighted by Crippen LogP contribution is -3.00. The van der Waals surface area contributed by atoms with Gasteiger partial charge in [-0.15, -0.1) is 23.1 Å². The second-order valence-electron chi connectivity index (χ2n) is 6.87. The molecule has 0 unspecified atom stereocenters. The Hall–Kier alpha value is -3.01. The quantitative estimate of drug-likeness (QED) is 0.187. The van der Waals surface area contributed by atoms with Crippen molar-refractivity contribution in [2.75, 3.05) is 24.3 Å². The van der Waals surface area contributed by atoms with E-state index in [1.165, 1.54) is 36.6 Å². The first-order valence-corrected chi connectivity index (χ1v) is 12.5. The largest absolute Gasteiger partial charge is 1.00 e. The Balaban J connectivity index is 0.00000228. The number of aromatic nitrogens is 1. The molecule has 2 aromatic rings. The molecule has 186 valence electrons. The van der Waals surface area contributed by atoms with E-state index in [1.54, 1.807) is 6.07 Å². The summed E-state index contributed by atoms with van der Waals surface area (Å²) in [4.78, 5) is 59.6. The predicted octanol–water partition coefficient (Wildman–Crippen LogP) is -1.90. The molecule has 0 bridgehead atoms. The van der Waals surface area contributed by atoms with Gasteiger partial charge in [-0.25, -0.2) is 9.78 Å². The van der Waals surface area contributed by atoms with Gasteiger partial charge in [0.15, 0.2) is 16.6 Å². The van der Waals surface area contributed by atoms with E-state index in [0.29, 0.717) is 5.57 Å². The van der Waals surface area contributed by atoms with E-state index in [4.69, 9.17) is 15.0 Å². The highest BCUT2D eigenvalue weighted by atomic mass is 35.5. The zero-order chi connectivity index (χ0) is 24.4. The van der Waals surface area contributed by atoms with Crippen LogP contribution in [-0.4, -0.2) is 73.6 Å². The van der Waals surface area contributed by atoms with Gasteiger partial charge >= 0.3 is 7.40 Å². The maximum absolute atomic E-state index is 12.8. The number of rotatable bonds is 8. The average Bonchev–Trinajstić information content (AvgIpc) is 3.50. The fourth-order valence-electron chi connectivity index (χ4n) is 3.31. The van der Waals surface area contributed by atoms with Gasteiger partial charge in [0.1, 0.15) is 29.9 Å². The maximum atomic E-state index is 12.8. The van der Waals surface area contributed by atoms with Gasteiger partial charge < -0.3 is 37.8 Å². The molecule has 0 saturated carbocycles. The number of oxime groups is 1. The molecule has 2 atom stereocenters. The second kappa shape index (κ2) is 11.2. The van der Waals surface area contributed by atoms with Crippen LogP contribution in [0.3, 0.4) is 0 Å². The standard InChI is InChI=1S/C19H17N5O7S3.ClH/c1-30-23-11(9-7-34-19(20)21-9)14(25)22-12-15(26)24-13(17(27)28)8(5-32-16(12)24)6-33-18(29)10-3-2-4-31-10;/h2-4,7,12,16H,5-6H2,1H3,(H2,20,21)(H,22,25)(H,27,28);1H/b23-11-;/t12-,16-;/m1./s1. The molecule has 4 N–H and O–H groups in total. The van der Waals surface area contributed by atoms with Crippen molar-refractivity contribution in [3.63, 3.8) is 0 Å². The Morgan fingerprint density at radius 3 is 2.86 bits per heavy atom. The van der Waals surface area contributed by atoms with Crippen LogP contribution in [0.4, 0.5) is 5.13 Å². The number of anilines is 1. The van der Waals surface area contributed by atoms with Gasteiger partial charge in [0.2, 0.25) is 0 Å². The number of hydrogen-bond donors (Lipinski definition) is 3. The van der Waals surface area contributed by atoms with Crippen LogP contribution in [0.2, 0.25) is 0 Å². The first-order chi connectivity index (χ1) is 16.3. The van der Waals surface area contributed by atoms with Gasteiger partial charge in [0, 0.05) is 16.9 Å². The summed E-state index contributed by atoms with van der Waals surface area (Å²) in [5, 5.41) is 16.8. The van der Waals surface area contributed by atoms with Crippen molar-refractivity contribution in [1.82, 2.24) is 15.2 Å². The number of β-lactam (4-membered cyclic amide) rings is 1. The molecule has 0 aliphatic carbocycles. The molecule has 16 heteroatoms. The SMILES string of the molecule is CO/N=C(\C(=O)N[C@@H]1C(=O)N2C(C(=O)O)=C(CSC(=O)c3ccco3)CS[C@H]12)c1csc(N)n1.[Cl-].[H+]. The highest BCUT2D eigenvalue weighted by Gasteiger charge is 2.54. The van der Waals surface area contributed by atoms with Crippen molar-refractivity contribution in [3.8, 4) is 0 Å². The van der Waals surface area contributed by atoms with E-state index in [1.807, 2.05) is 0 Å². The van der Waals surface area contributed by atoms with Crippen molar-refractivity contribution in [1.29, 1.82) is 0 Å². The zero-order valence-corrected chi connectivity index (χ0v) is 21.0. The number of halogens is 1. The molecule has 0 radical (unpaired) electrons. The molecular weight excluding hydrogens is 542 g/mol. The van der Waals surface area contributed by atoms with Crippen LogP contribution in [0.15, 0.2) is 44.6 Å². The molecule has 2 aliphatic rings. The summed E-state index contributed by atoms with van der Waals surface area (Å²) in [7, 11) is 1.26. The van der Waals surface area contributed by atoms with E-state index < -0.39 is 29.2 Å². The number of nitrogen functional groups attached to an aromatic ring is 1. The lowest BCUT2D eigenvalue weighted by molar-refractivity contribution is -0.150. The van der Waals surface area contributed by atoms with Gasteiger partial charge in [-0.1, -0.05) is 16.9 Å². The molecule has 2 aromatic heterocycles. The number of nitrogens with zero attached hydrogens (tertiary/aromatic N) is 3. The number of hydrogen-bond acceptors (Lipinski definition) is 12. The van der Waals surface area contributed by atoms with Crippen molar-refractivity contribution in [2.24, 2.45) is 5.16 Å². The van der Waals surface area contributed by atoms with E-state index in [0.717, 1.165) is 28.0 Å². The van der Waals surface area contributed by atoms with E-state index in [9.17, 15) is 24.3 Å². The minimum absolute atomic E-state index is 0. The number of amides is 2. The smallest absolute Gasteiger partial charge is 1.00 e. The number of nitrogens with one attached hydrogen (secondary N) is 1. The first kappa shape index (κ1) is 26.6. The molecule has 0 aromatic carbocycles. The number of carboxylic acid groups (broad SMARTS) is 1. The fourth-order valence-corrected chi connectivity index (χ4v) is 6.14. The summed E-state index contributed by atoms with van der Waals surface area (Å²) in [5.41, 5.74) is 5.89. The molecule has 12 nitrogen and oxygen atoms in total.